The second kappa shape index (κ2) is 6.68. The molecule has 0 unspecified atom stereocenters. The van der Waals surface area contributed by atoms with Gasteiger partial charge in [0.05, 0.1) is 5.97 Å². The Morgan fingerprint density at radius 1 is 1.39 bits per heavy atom. The van der Waals surface area contributed by atoms with E-state index in [2.05, 4.69) is 0 Å². The van der Waals surface area contributed by atoms with Crippen molar-refractivity contribution in [2.75, 3.05) is 0 Å². The molecule has 1 aromatic rings. The van der Waals surface area contributed by atoms with Gasteiger partial charge in [0, 0.05) is 5.56 Å². The fraction of sp³-hybridized carbons (Fsp3) is 0.364. The van der Waals surface area contributed by atoms with Gasteiger partial charge in [-0.3, -0.25) is 4.55 Å². The first-order chi connectivity index (χ1) is 7.70. The third kappa shape index (κ3) is 5.07. The summed E-state index contributed by atoms with van der Waals surface area (Å²) in [7, 11) is -4.27. The quantitative estimate of drug-likeness (QED) is 0.488. The molecule has 0 aliphatic heterocycles. The van der Waals surface area contributed by atoms with Gasteiger partial charge in [0.25, 0.3) is 10.1 Å². The average molecular weight is 280 g/mol. The number of hydrogen-bond acceptors (Lipinski definition) is 4. The molecule has 0 heterocycles. The molecule has 0 saturated heterocycles. The number of carbonyl (C=O) groups is 1. The fourth-order valence-corrected chi connectivity index (χ4v) is 2.12. The van der Waals surface area contributed by atoms with Gasteiger partial charge >= 0.3 is 29.6 Å². The molecule has 5 nitrogen and oxygen atoms in total. The van der Waals surface area contributed by atoms with Gasteiger partial charge in [-0.1, -0.05) is 32.0 Å². The van der Waals surface area contributed by atoms with Crippen molar-refractivity contribution in [3.63, 3.8) is 0 Å². The van der Waals surface area contributed by atoms with Crippen LogP contribution in [0.4, 0.5) is 0 Å². The topological polar surface area (TPSA) is 94.5 Å². The van der Waals surface area contributed by atoms with E-state index in [4.69, 9.17) is 4.55 Å². The molecular weight excluding hydrogens is 267 g/mol. The molecule has 1 rings (SSSR count). The van der Waals surface area contributed by atoms with E-state index in [-0.39, 0.29) is 46.6 Å². The van der Waals surface area contributed by atoms with Gasteiger partial charge in [0.2, 0.25) is 0 Å². The van der Waals surface area contributed by atoms with Gasteiger partial charge in [0.15, 0.2) is 0 Å². The zero-order valence-corrected chi connectivity index (χ0v) is 13.3. The van der Waals surface area contributed by atoms with Crippen molar-refractivity contribution in [3.05, 3.63) is 34.9 Å². The van der Waals surface area contributed by atoms with Crippen molar-refractivity contribution in [2.45, 2.75) is 25.5 Å². The van der Waals surface area contributed by atoms with Gasteiger partial charge in [-0.25, -0.2) is 0 Å². The molecule has 0 aliphatic rings. The Bertz CT molecular complexity index is 536. The van der Waals surface area contributed by atoms with Gasteiger partial charge in [-0.2, -0.15) is 8.42 Å². The normalized spacial score (nSPS) is 11.1. The van der Waals surface area contributed by atoms with Crippen LogP contribution in [0, 0.1) is 0 Å². The minimum Gasteiger partial charge on any atom is -0.545 e. The molecule has 0 bridgehead atoms. The number of rotatable bonds is 4. The third-order valence-electron chi connectivity index (χ3n) is 2.35. The summed E-state index contributed by atoms with van der Waals surface area (Å²) >= 11 is 0. The Hall–Kier alpha value is -0.400. The summed E-state index contributed by atoms with van der Waals surface area (Å²) < 4.78 is 30.4. The van der Waals surface area contributed by atoms with E-state index in [1.165, 1.54) is 12.1 Å². The molecule has 1 aromatic carbocycles. The Kier molecular flexibility index (Phi) is 6.53. The minimum absolute atomic E-state index is 0. The largest absolute Gasteiger partial charge is 1.00 e. The summed E-state index contributed by atoms with van der Waals surface area (Å²) in [5.74, 6) is -2.05. The van der Waals surface area contributed by atoms with E-state index in [1.54, 1.807) is 6.07 Å². The molecule has 0 aromatic heterocycles. The molecule has 0 saturated carbocycles. The first-order valence-electron chi connectivity index (χ1n) is 5.00. The standard InChI is InChI=1S/C11H14O5S.Na/c1-7(2)8-3-4-10(11(12)13)9(5-8)6-17(14,15)16;/h3-5,7H,6H2,1-2H3,(H,12,13)(H,14,15,16);/q;+1/p-1. The fourth-order valence-electron chi connectivity index (χ4n) is 1.49. The van der Waals surface area contributed by atoms with E-state index in [1.807, 2.05) is 13.8 Å². The van der Waals surface area contributed by atoms with Crippen LogP contribution < -0.4 is 34.7 Å². The molecule has 0 amide bonds. The Morgan fingerprint density at radius 3 is 2.33 bits per heavy atom. The second-order valence-corrected chi connectivity index (χ2v) is 5.54. The molecule has 94 valence electrons. The maximum absolute atomic E-state index is 10.8. The Morgan fingerprint density at radius 2 is 1.94 bits per heavy atom. The molecule has 0 radical (unpaired) electrons. The smallest absolute Gasteiger partial charge is 0.545 e. The van der Waals surface area contributed by atoms with Crippen molar-refractivity contribution in [1.29, 1.82) is 0 Å². The Labute approximate surface area is 128 Å². The summed E-state index contributed by atoms with van der Waals surface area (Å²) in [6, 6.07) is 4.36. The van der Waals surface area contributed by atoms with Crippen LogP contribution in [0.25, 0.3) is 0 Å². The second-order valence-electron chi connectivity index (χ2n) is 4.08. The van der Waals surface area contributed by atoms with Crippen LogP contribution in [0.3, 0.4) is 0 Å². The number of carboxylic acid groups (broad SMARTS) is 1. The summed E-state index contributed by atoms with van der Waals surface area (Å²) in [6.07, 6.45) is 0. The predicted molar refractivity (Wildman–Crippen MR) is 60.1 cm³/mol. The molecule has 18 heavy (non-hydrogen) atoms. The van der Waals surface area contributed by atoms with E-state index in [9.17, 15) is 18.3 Å². The van der Waals surface area contributed by atoms with E-state index >= 15 is 0 Å². The predicted octanol–water partition coefficient (Wildman–Crippen LogP) is -2.43. The van der Waals surface area contributed by atoms with Gasteiger partial charge in [-0.05, 0) is 17.0 Å². The van der Waals surface area contributed by atoms with Crippen molar-refractivity contribution in [2.24, 2.45) is 0 Å². The molecular formula is C11H13NaO5S. The average Bonchev–Trinajstić information content (AvgIpc) is 2.14. The van der Waals surface area contributed by atoms with E-state index < -0.39 is 21.8 Å². The maximum Gasteiger partial charge on any atom is 1.00 e. The molecule has 0 spiro atoms. The van der Waals surface area contributed by atoms with Gasteiger partial charge in [0.1, 0.15) is 5.75 Å². The molecule has 0 fully saturated rings. The summed E-state index contributed by atoms with van der Waals surface area (Å²) in [5, 5.41) is 10.8. The molecule has 1 N–H and O–H groups in total. The van der Waals surface area contributed by atoms with Crippen LogP contribution in [-0.2, 0) is 15.9 Å². The number of aromatic carboxylic acids is 1. The zero-order valence-electron chi connectivity index (χ0n) is 10.5. The molecule has 0 aliphatic carbocycles. The monoisotopic (exact) mass is 280 g/mol. The van der Waals surface area contributed by atoms with E-state index in [0.717, 1.165) is 5.56 Å². The van der Waals surface area contributed by atoms with Crippen molar-refractivity contribution in [3.8, 4) is 0 Å². The van der Waals surface area contributed by atoms with Crippen molar-refractivity contribution in [1.82, 2.24) is 0 Å². The van der Waals surface area contributed by atoms with Crippen LogP contribution >= 0.6 is 0 Å². The van der Waals surface area contributed by atoms with E-state index in [0.29, 0.717) is 0 Å². The third-order valence-corrected chi connectivity index (χ3v) is 3.03. The molecule has 0 atom stereocenters. The number of hydrogen-bond donors (Lipinski definition) is 1. The van der Waals surface area contributed by atoms with Crippen LogP contribution in [0.1, 0.15) is 41.3 Å². The SMILES string of the molecule is CC(C)c1ccc(C(=O)[O-])c(CS(=O)(=O)O)c1.[Na+]. The number of carboxylic acids is 1. The minimum atomic E-state index is -4.27. The summed E-state index contributed by atoms with van der Waals surface area (Å²) in [5.41, 5.74) is 0.624. The van der Waals surface area contributed by atoms with Crippen LogP contribution in [0.2, 0.25) is 0 Å². The summed E-state index contributed by atoms with van der Waals surface area (Å²) in [6.45, 7) is 3.79. The van der Waals surface area contributed by atoms with Gasteiger partial charge in [-0.15, -0.1) is 0 Å². The maximum atomic E-state index is 10.8. The molecule has 7 heteroatoms. The van der Waals surface area contributed by atoms with Crippen LogP contribution in [0.5, 0.6) is 0 Å². The zero-order chi connectivity index (χ0) is 13.2. The Balaban J connectivity index is 0.00000289. The van der Waals surface area contributed by atoms with Crippen LogP contribution in [-0.4, -0.2) is 18.9 Å². The number of benzene rings is 1. The first kappa shape index (κ1) is 17.6. The van der Waals surface area contributed by atoms with Crippen molar-refractivity contribution < 1.29 is 52.4 Å². The first-order valence-corrected chi connectivity index (χ1v) is 6.61. The van der Waals surface area contributed by atoms with Crippen LogP contribution in [0.15, 0.2) is 18.2 Å². The number of carbonyl (C=O) groups excluding carboxylic acids is 1. The van der Waals surface area contributed by atoms with Crippen molar-refractivity contribution >= 4 is 16.1 Å². The summed E-state index contributed by atoms with van der Waals surface area (Å²) in [4.78, 5) is 10.8. The van der Waals surface area contributed by atoms with Gasteiger partial charge < -0.3 is 9.90 Å².